The summed E-state index contributed by atoms with van der Waals surface area (Å²) >= 11 is 0. The zero-order chi connectivity index (χ0) is 17.1. The number of carboxylic acids is 1. The molecule has 0 saturated carbocycles. The first-order valence-electron chi connectivity index (χ1n) is 6.54. The molecule has 1 aromatic carbocycles. The summed E-state index contributed by atoms with van der Waals surface area (Å²) in [5, 5.41) is 9.08. The van der Waals surface area contributed by atoms with Crippen LogP contribution in [0.15, 0.2) is 23.1 Å². The van der Waals surface area contributed by atoms with Crippen LogP contribution in [0, 0.1) is 12.8 Å². The molecule has 8 heteroatoms. The highest BCUT2D eigenvalue weighted by atomic mass is 32.2. The molecule has 0 spiro atoms. The third kappa shape index (κ3) is 4.05. The summed E-state index contributed by atoms with van der Waals surface area (Å²) < 4.78 is 31.3. The third-order valence-corrected chi connectivity index (χ3v) is 4.58. The largest absolute Gasteiger partial charge is 0.480 e. The van der Waals surface area contributed by atoms with E-state index >= 15 is 0 Å². The molecule has 0 aliphatic carbocycles. The Kier molecular flexibility index (Phi) is 5.67. The van der Waals surface area contributed by atoms with Crippen LogP contribution in [0.1, 0.15) is 29.8 Å². The molecule has 0 fully saturated rings. The second-order valence-corrected chi connectivity index (χ2v) is 6.86. The monoisotopic (exact) mass is 329 g/mol. The van der Waals surface area contributed by atoms with Crippen molar-refractivity contribution in [2.24, 2.45) is 5.92 Å². The Labute approximate surface area is 129 Å². The molecule has 0 saturated heterocycles. The van der Waals surface area contributed by atoms with Gasteiger partial charge >= 0.3 is 11.9 Å². The molecule has 1 aromatic rings. The van der Waals surface area contributed by atoms with Gasteiger partial charge in [-0.3, -0.25) is 4.79 Å². The first-order valence-corrected chi connectivity index (χ1v) is 8.02. The van der Waals surface area contributed by atoms with E-state index < -0.39 is 33.9 Å². The number of hydrogen-bond donors (Lipinski definition) is 2. The minimum absolute atomic E-state index is 0.113. The summed E-state index contributed by atoms with van der Waals surface area (Å²) in [5.74, 6) is -2.36. The third-order valence-electron chi connectivity index (χ3n) is 3.14. The van der Waals surface area contributed by atoms with Crippen molar-refractivity contribution in [3.05, 3.63) is 29.3 Å². The fourth-order valence-corrected chi connectivity index (χ4v) is 3.17. The molecule has 7 nitrogen and oxygen atoms in total. The number of methoxy groups -OCH3 is 1. The highest BCUT2D eigenvalue weighted by Crippen LogP contribution is 2.18. The summed E-state index contributed by atoms with van der Waals surface area (Å²) in [7, 11) is -2.87. The van der Waals surface area contributed by atoms with Crippen LogP contribution in [0.25, 0.3) is 0 Å². The van der Waals surface area contributed by atoms with Gasteiger partial charge < -0.3 is 9.84 Å². The number of esters is 1. The number of sulfonamides is 1. The van der Waals surface area contributed by atoms with Gasteiger partial charge in [0.25, 0.3) is 0 Å². The second kappa shape index (κ2) is 6.89. The van der Waals surface area contributed by atoms with E-state index in [2.05, 4.69) is 9.46 Å². The van der Waals surface area contributed by atoms with E-state index in [0.29, 0.717) is 5.56 Å². The molecule has 0 aromatic heterocycles. The number of aliphatic carboxylic acids is 1. The maximum Gasteiger partial charge on any atom is 0.338 e. The SMILES string of the molecule is COC(=O)c1cc(S(=O)(=O)NC(C(=O)O)C(C)C)ccc1C. The first kappa shape index (κ1) is 18.1. The molecule has 0 aliphatic rings. The Morgan fingerprint density at radius 1 is 1.27 bits per heavy atom. The Bertz CT molecular complexity index is 681. The number of carbonyl (C=O) groups excluding carboxylic acids is 1. The van der Waals surface area contributed by atoms with Crippen LogP contribution < -0.4 is 4.72 Å². The van der Waals surface area contributed by atoms with Crippen LogP contribution in [0.4, 0.5) is 0 Å². The molecule has 1 unspecified atom stereocenters. The zero-order valence-corrected chi connectivity index (χ0v) is 13.6. The van der Waals surface area contributed by atoms with Crippen molar-refractivity contribution in [2.45, 2.75) is 31.7 Å². The lowest BCUT2D eigenvalue weighted by atomic mass is 10.1. The van der Waals surface area contributed by atoms with Crippen molar-refractivity contribution < 1.29 is 27.9 Å². The Hall–Kier alpha value is -1.93. The van der Waals surface area contributed by atoms with Gasteiger partial charge in [0.05, 0.1) is 17.6 Å². The number of hydrogen-bond acceptors (Lipinski definition) is 5. The summed E-state index contributed by atoms with van der Waals surface area (Å²) in [6.45, 7) is 4.83. The molecule has 0 radical (unpaired) electrons. The van der Waals surface area contributed by atoms with Crippen LogP contribution in [0.2, 0.25) is 0 Å². The predicted molar refractivity (Wildman–Crippen MR) is 79.1 cm³/mol. The van der Waals surface area contributed by atoms with Gasteiger partial charge in [-0.2, -0.15) is 4.72 Å². The average molecular weight is 329 g/mol. The maximum atomic E-state index is 12.3. The van der Waals surface area contributed by atoms with Crippen molar-refractivity contribution in [3.8, 4) is 0 Å². The molecule has 1 rings (SSSR count). The van der Waals surface area contributed by atoms with Crippen LogP contribution in [-0.2, 0) is 19.6 Å². The molecule has 0 amide bonds. The van der Waals surface area contributed by atoms with Gasteiger partial charge in [-0.25, -0.2) is 13.2 Å². The lowest BCUT2D eigenvalue weighted by Crippen LogP contribution is -2.44. The van der Waals surface area contributed by atoms with Gasteiger partial charge in [-0.05, 0) is 30.5 Å². The smallest absolute Gasteiger partial charge is 0.338 e. The quantitative estimate of drug-likeness (QED) is 0.758. The van der Waals surface area contributed by atoms with Crippen molar-refractivity contribution in [3.63, 3.8) is 0 Å². The molecule has 0 aliphatic heterocycles. The van der Waals surface area contributed by atoms with E-state index in [1.807, 2.05) is 0 Å². The first-order chi connectivity index (χ1) is 10.1. The topological polar surface area (TPSA) is 110 Å². The van der Waals surface area contributed by atoms with Crippen molar-refractivity contribution in [1.29, 1.82) is 0 Å². The standard InChI is InChI=1S/C14H19NO6S/c1-8(2)12(13(16)17)15-22(19,20)10-6-5-9(3)11(7-10)14(18)21-4/h5-8,12,15H,1-4H3,(H,16,17). The number of aryl methyl sites for hydroxylation is 1. The van der Waals surface area contributed by atoms with Gasteiger partial charge in [-0.1, -0.05) is 19.9 Å². The number of rotatable bonds is 6. The summed E-state index contributed by atoms with van der Waals surface area (Å²) in [5.41, 5.74) is 0.672. The van der Waals surface area contributed by atoms with Crippen molar-refractivity contribution in [1.82, 2.24) is 4.72 Å². The van der Waals surface area contributed by atoms with Crippen LogP contribution in [0.5, 0.6) is 0 Å². The molecule has 22 heavy (non-hydrogen) atoms. The minimum Gasteiger partial charge on any atom is -0.480 e. The second-order valence-electron chi connectivity index (χ2n) is 5.15. The number of nitrogens with one attached hydrogen (secondary N) is 1. The van der Waals surface area contributed by atoms with E-state index in [-0.39, 0.29) is 10.5 Å². The number of carbonyl (C=O) groups is 2. The van der Waals surface area contributed by atoms with Crippen molar-refractivity contribution >= 4 is 22.0 Å². The molecule has 0 bridgehead atoms. The molecule has 122 valence electrons. The number of benzene rings is 1. The van der Waals surface area contributed by atoms with E-state index in [4.69, 9.17) is 5.11 Å². The molecular formula is C14H19NO6S. The highest BCUT2D eigenvalue weighted by molar-refractivity contribution is 7.89. The number of carboxylic acid groups (broad SMARTS) is 1. The molecule has 2 N–H and O–H groups in total. The Morgan fingerprint density at radius 3 is 2.32 bits per heavy atom. The lowest BCUT2D eigenvalue weighted by Gasteiger charge is -2.18. The average Bonchev–Trinajstić information content (AvgIpc) is 2.43. The lowest BCUT2D eigenvalue weighted by molar-refractivity contribution is -0.140. The fraction of sp³-hybridized carbons (Fsp3) is 0.429. The van der Waals surface area contributed by atoms with Gasteiger partial charge in [-0.15, -0.1) is 0 Å². The number of ether oxygens (including phenoxy) is 1. The van der Waals surface area contributed by atoms with Gasteiger partial charge in [0.15, 0.2) is 0 Å². The maximum absolute atomic E-state index is 12.3. The Morgan fingerprint density at radius 2 is 1.86 bits per heavy atom. The van der Waals surface area contributed by atoms with Gasteiger partial charge in [0.1, 0.15) is 6.04 Å². The van der Waals surface area contributed by atoms with Crippen LogP contribution in [0.3, 0.4) is 0 Å². The van der Waals surface area contributed by atoms with E-state index in [9.17, 15) is 18.0 Å². The van der Waals surface area contributed by atoms with E-state index in [1.165, 1.54) is 25.3 Å². The van der Waals surface area contributed by atoms with E-state index in [0.717, 1.165) is 0 Å². The molecule has 1 atom stereocenters. The summed E-state index contributed by atoms with van der Waals surface area (Å²) in [6, 6.07) is 2.69. The Balaban J connectivity index is 3.23. The van der Waals surface area contributed by atoms with Gasteiger partial charge in [0, 0.05) is 0 Å². The molecular weight excluding hydrogens is 310 g/mol. The highest BCUT2D eigenvalue weighted by Gasteiger charge is 2.28. The minimum atomic E-state index is -4.07. The van der Waals surface area contributed by atoms with Crippen molar-refractivity contribution in [2.75, 3.05) is 7.11 Å². The predicted octanol–water partition coefficient (Wildman–Crippen LogP) is 1.17. The van der Waals surface area contributed by atoms with Gasteiger partial charge in [0.2, 0.25) is 10.0 Å². The zero-order valence-electron chi connectivity index (χ0n) is 12.8. The molecule has 0 heterocycles. The summed E-state index contributed by atoms with van der Waals surface area (Å²) in [4.78, 5) is 22.6. The normalized spacial score (nSPS) is 13.0. The fourth-order valence-electron chi connectivity index (χ4n) is 1.80. The van der Waals surface area contributed by atoms with E-state index in [1.54, 1.807) is 20.8 Å². The summed E-state index contributed by atoms with van der Waals surface area (Å²) in [6.07, 6.45) is 0. The van der Waals surface area contributed by atoms with Crippen LogP contribution >= 0.6 is 0 Å². The van der Waals surface area contributed by atoms with Crippen LogP contribution in [-0.4, -0.2) is 38.6 Å².